The Morgan fingerprint density at radius 3 is 2.41 bits per heavy atom. The molecule has 180 valence electrons. The lowest BCUT2D eigenvalue weighted by Crippen LogP contribution is -2.50. The van der Waals surface area contributed by atoms with Crippen molar-refractivity contribution in [2.45, 2.75) is 44.2 Å². The number of carboxylic acids is 1. The van der Waals surface area contributed by atoms with Crippen molar-refractivity contribution in [2.75, 3.05) is 24.7 Å². The van der Waals surface area contributed by atoms with Crippen LogP contribution in [0.5, 0.6) is 0 Å². The maximum Gasteiger partial charge on any atom is 0.407 e. The standard InChI is InChI=1S/C26H30N2O5S/c1-17(7-6-12-24(29)28-13-14-34-16-23(28)25(30)31)27-26(32)33-15-22-20-10-4-2-8-18(20)19-9-3-5-11-21(19)22/h2-5,8-11,17,22-23H,6-7,12-16H2,1H3,(H,27,32)(H,30,31). The van der Waals surface area contributed by atoms with Crippen LogP contribution < -0.4 is 5.32 Å². The van der Waals surface area contributed by atoms with E-state index in [0.717, 1.165) is 5.75 Å². The van der Waals surface area contributed by atoms with Crippen LogP contribution in [0.15, 0.2) is 48.5 Å². The molecule has 8 heteroatoms. The van der Waals surface area contributed by atoms with Crippen molar-refractivity contribution in [3.05, 3.63) is 59.7 Å². The zero-order valence-electron chi connectivity index (χ0n) is 19.2. The van der Waals surface area contributed by atoms with Gasteiger partial charge in [0.15, 0.2) is 0 Å². The number of ether oxygens (including phenoxy) is 1. The molecular weight excluding hydrogens is 452 g/mol. The number of nitrogens with zero attached hydrogens (tertiary/aromatic N) is 1. The Labute approximate surface area is 203 Å². The lowest BCUT2D eigenvalue weighted by atomic mass is 9.98. The van der Waals surface area contributed by atoms with E-state index in [0.29, 0.717) is 25.1 Å². The van der Waals surface area contributed by atoms with Crippen molar-refractivity contribution in [3.8, 4) is 11.1 Å². The van der Waals surface area contributed by atoms with Crippen molar-refractivity contribution < 1.29 is 24.2 Å². The number of amides is 2. The van der Waals surface area contributed by atoms with E-state index in [2.05, 4.69) is 29.6 Å². The van der Waals surface area contributed by atoms with Gasteiger partial charge in [-0.1, -0.05) is 48.5 Å². The third kappa shape index (κ3) is 5.38. The molecule has 34 heavy (non-hydrogen) atoms. The van der Waals surface area contributed by atoms with Crippen molar-refractivity contribution in [1.82, 2.24) is 10.2 Å². The Balaban J connectivity index is 1.23. The molecule has 0 bridgehead atoms. The van der Waals surface area contributed by atoms with Crippen LogP contribution in [-0.4, -0.2) is 64.7 Å². The smallest absolute Gasteiger partial charge is 0.407 e. The topological polar surface area (TPSA) is 95.9 Å². The largest absolute Gasteiger partial charge is 0.480 e. The second kappa shape index (κ2) is 11.0. The maximum atomic E-state index is 12.5. The number of carbonyl (C=O) groups is 3. The molecule has 2 aliphatic rings. The first-order valence-electron chi connectivity index (χ1n) is 11.7. The molecule has 7 nitrogen and oxygen atoms in total. The lowest BCUT2D eigenvalue weighted by molar-refractivity contribution is -0.149. The van der Waals surface area contributed by atoms with E-state index in [1.54, 1.807) is 11.8 Å². The molecule has 2 N–H and O–H groups in total. The average molecular weight is 483 g/mol. The fourth-order valence-electron chi connectivity index (χ4n) is 4.72. The summed E-state index contributed by atoms with van der Waals surface area (Å²) >= 11 is 1.56. The van der Waals surface area contributed by atoms with Crippen LogP contribution in [0.3, 0.4) is 0 Å². The number of rotatable bonds is 8. The van der Waals surface area contributed by atoms with Gasteiger partial charge in [0.25, 0.3) is 0 Å². The van der Waals surface area contributed by atoms with E-state index >= 15 is 0 Å². The molecular formula is C26H30N2O5S. The third-order valence-corrected chi connectivity index (χ3v) is 7.49. The van der Waals surface area contributed by atoms with Crippen LogP contribution >= 0.6 is 11.8 Å². The van der Waals surface area contributed by atoms with Crippen LogP contribution in [-0.2, 0) is 14.3 Å². The fraction of sp³-hybridized carbons (Fsp3) is 0.423. The summed E-state index contributed by atoms with van der Waals surface area (Å²) in [6, 6.07) is 15.5. The molecule has 1 aliphatic heterocycles. The molecule has 2 aromatic rings. The number of benzene rings is 2. The van der Waals surface area contributed by atoms with Crippen LogP contribution in [0.4, 0.5) is 4.79 Å². The van der Waals surface area contributed by atoms with Gasteiger partial charge in [0.1, 0.15) is 12.6 Å². The van der Waals surface area contributed by atoms with E-state index in [4.69, 9.17) is 4.74 Å². The number of nitrogens with one attached hydrogen (secondary N) is 1. The Kier molecular flexibility index (Phi) is 7.77. The molecule has 2 atom stereocenters. The second-order valence-corrected chi connectivity index (χ2v) is 9.93. The van der Waals surface area contributed by atoms with Crippen LogP contribution in [0.2, 0.25) is 0 Å². The van der Waals surface area contributed by atoms with Gasteiger partial charge in [0.05, 0.1) is 0 Å². The molecule has 0 radical (unpaired) electrons. The lowest BCUT2D eigenvalue weighted by Gasteiger charge is -2.32. The summed E-state index contributed by atoms with van der Waals surface area (Å²) < 4.78 is 5.58. The third-order valence-electron chi connectivity index (χ3n) is 6.47. The quantitative estimate of drug-likeness (QED) is 0.588. The zero-order valence-corrected chi connectivity index (χ0v) is 20.1. The van der Waals surface area contributed by atoms with E-state index in [9.17, 15) is 19.5 Å². The van der Waals surface area contributed by atoms with Gasteiger partial charge < -0.3 is 20.1 Å². The minimum atomic E-state index is -0.953. The summed E-state index contributed by atoms with van der Waals surface area (Å²) in [6.07, 6.45) is 0.973. The Morgan fingerprint density at radius 1 is 1.12 bits per heavy atom. The number of alkyl carbamates (subject to hydrolysis) is 1. The highest BCUT2D eigenvalue weighted by Crippen LogP contribution is 2.44. The number of hydrogen-bond acceptors (Lipinski definition) is 5. The molecule has 0 saturated carbocycles. The van der Waals surface area contributed by atoms with Crippen molar-refractivity contribution in [1.29, 1.82) is 0 Å². The van der Waals surface area contributed by atoms with Gasteiger partial charge in [-0.05, 0) is 42.0 Å². The Bertz CT molecular complexity index is 1010. The highest BCUT2D eigenvalue weighted by atomic mass is 32.2. The molecule has 1 aliphatic carbocycles. The molecule has 4 rings (SSSR count). The number of carbonyl (C=O) groups excluding carboxylic acids is 2. The summed E-state index contributed by atoms with van der Waals surface area (Å²) in [7, 11) is 0. The predicted molar refractivity (Wildman–Crippen MR) is 132 cm³/mol. The minimum Gasteiger partial charge on any atom is -0.480 e. The molecule has 1 saturated heterocycles. The van der Waals surface area contributed by atoms with Crippen molar-refractivity contribution >= 4 is 29.7 Å². The van der Waals surface area contributed by atoms with E-state index in [1.165, 1.54) is 27.2 Å². The number of carboxylic acid groups (broad SMARTS) is 1. The summed E-state index contributed by atoms with van der Waals surface area (Å²) in [5.41, 5.74) is 4.70. The van der Waals surface area contributed by atoms with E-state index < -0.39 is 18.1 Å². The van der Waals surface area contributed by atoms with Gasteiger partial charge in [-0.2, -0.15) is 11.8 Å². The van der Waals surface area contributed by atoms with Crippen molar-refractivity contribution in [3.63, 3.8) is 0 Å². The number of thioether (sulfide) groups is 1. The Hall–Kier alpha value is -3.00. The maximum absolute atomic E-state index is 12.5. The second-order valence-electron chi connectivity index (χ2n) is 8.78. The Morgan fingerprint density at radius 2 is 1.76 bits per heavy atom. The van der Waals surface area contributed by atoms with Gasteiger partial charge in [0, 0.05) is 36.4 Å². The number of hydrogen-bond donors (Lipinski definition) is 2. The SMILES string of the molecule is CC(CCCC(=O)N1CCSCC1C(=O)O)NC(=O)OCC1c2ccccc2-c2ccccc21. The summed E-state index contributed by atoms with van der Waals surface area (Å²) in [5.74, 6) is 0.110. The molecule has 2 aromatic carbocycles. The normalized spacial score (nSPS) is 18.0. The number of aliphatic carboxylic acids is 1. The minimum absolute atomic E-state index is 0.0102. The van der Waals surface area contributed by atoms with Gasteiger partial charge in [0.2, 0.25) is 5.91 Å². The first-order chi connectivity index (χ1) is 16.5. The summed E-state index contributed by atoms with van der Waals surface area (Å²) in [6.45, 7) is 2.60. The average Bonchev–Trinajstić information content (AvgIpc) is 3.16. The fourth-order valence-corrected chi connectivity index (χ4v) is 5.76. The molecule has 0 aromatic heterocycles. The van der Waals surface area contributed by atoms with Crippen LogP contribution in [0.1, 0.15) is 43.2 Å². The highest BCUT2D eigenvalue weighted by Gasteiger charge is 2.32. The first-order valence-corrected chi connectivity index (χ1v) is 12.8. The first kappa shape index (κ1) is 24.1. The molecule has 1 heterocycles. The van der Waals surface area contributed by atoms with Crippen LogP contribution in [0, 0.1) is 0 Å². The molecule has 2 amide bonds. The molecule has 2 unspecified atom stereocenters. The zero-order chi connectivity index (χ0) is 24.1. The molecule has 1 fully saturated rings. The number of fused-ring (bicyclic) bond motifs is 3. The molecule has 0 spiro atoms. The van der Waals surface area contributed by atoms with Gasteiger partial charge in [-0.3, -0.25) is 4.79 Å². The highest BCUT2D eigenvalue weighted by molar-refractivity contribution is 7.99. The van der Waals surface area contributed by atoms with E-state index in [1.807, 2.05) is 31.2 Å². The summed E-state index contributed by atoms with van der Waals surface area (Å²) in [5, 5.41) is 12.2. The van der Waals surface area contributed by atoms with Gasteiger partial charge in [-0.25, -0.2) is 9.59 Å². The van der Waals surface area contributed by atoms with E-state index in [-0.39, 0.29) is 30.9 Å². The van der Waals surface area contributed by atoms with Crippen LogP contribution in [0.25, 0.3) is 11.1 Å². The van der Waals surface area contributed by atoms with Gasteiger partial charge >= 0.3 is 12.1 Å². The van der Waals surface area contributed by atoms with Gasteiger partial charge in [-0.15, -0.1) is 0 Å². The summed E-state index contributed by atoms with van der Waals surface area (Å²) in [4.78, 5) is 37.8. The van der Waals surface area contributed by atoms with Crippen molar-refractivity contribution in [2.24, 2.45) is 0 Å². The monoisotopic (exact) mass is 482 g/mol. The predicted octanol–water partition coefficient (Wildman–Crippen LogP) is 4.11.